The third-order valence-corrected chi connectivity index (χ3v) is 7.34. The van der Waals surface area contributed by atoms with Crippen molar-refractivity contribution in [3.63, 3.8) is 0 Å². The minimum absolute atomic E-state index is 0.0578. The van der Waals surface area contributed by atoms with E-state index < -0.39 is 11.2 Å². The number of aliphatic imine (C=N–C) groups is 1. The molecule has 144 valence electrons. The van der Waals surface area contributed by atoms with Crippen LogP contribution in [0.25, 0.3) is 0 Å². The molecule has 0 amide bonds. The van der Waals surface area contributed by atoms with E-state index >= 15 is 0 Å². The maximum absolute atomic E-state index is 12.8. The SMILES string of the molecule is Cc1ccc([C@H]2CC(c3c(O)n(C)c(=O)n(C)c3=O)=Nc3ccccc3S2)s1. The number of thioether (sulfide) groups is 1. The number of aromatic nitrogens is 2. The molecule has 0 saturated heterocycles. The van der Waals surface area contributed by atoms with Crippen LogP contribution >= 0.6 is 23.1 Å². The molecule has 6 nitrogen and oxygen atoms in total. The van der Waals surface area contributed by atoms with Crippen molar-refractivity contribution in [3.05, 3.63) is 72.6 Å². The van der Waals surface area contributed by atoms with Crippen LogP contribution in [-0.2, 0) is 14.1 Å². The fourth-order valence-corrected chi connectivity index (χ4v) is 5.52. The van der Waals surface area contributed by atoms with E-state index in [9.17, 15) is 14.7 Å². The van der Waals surface area contributed by atoms with Gasteiger partial charge in [-0.2, -0.15) is 0 Å². The van der Waals surface area contributed by atoms with Gasteiger partial charge in [0.25, 0.3) is 5.56 Å². The summed E-state index contributed by atoms with van der Waals surface area (Å²) >= 11 is 3.42. The van der Waals surface area contributed by atoms with E-state index in [4.69, 9.17) is 4.99 Å². The van der Waals surface area contributed by atoms with Gasteiger partial charge >= 0.3 is 5.69 Å². The molecule has 1 aliphatic heterocycles. The number of para-hydroxylation sites is 1. The highest BCUT2D eigenvalue weighted by Crippen LogP contribution is 2.47. The Morgan fingerprint density at radius 3 is 2.57 bits per heavy atom. The van der Waals surface area contributed by atoms with E-state index in [2.05, 4.69) is 19.1 Å². The molecule has 0 aliphatic carbocycles. The van der Waals surface area contributed by atoms with Crippen molar-refractivity contribution in [2.45, 2.75) is 23.5 Å². The zero-order chi connectivity index (χ0) is 20.0. The number of thiophene rings is 1. The van der Waals surface area contributed by atoms with Crippen LogP contribution in [0.2, 0.25) is 0 Å². The Kier molecular flexibility index (Phi) is 4.76. The summed E-state index contributed by atoms with van der Waals surface area (Å²) in [7, 11) is 2.86. The number of hydrogen-bond donors (Lipinski definition) is 1. The van der Waals surface area contributed by atoms with Crippen molar-refractivity contribution >= 4 is 34.5 Å². The molecular weight excluding hydrogens is 394 g/mol. The minimum Gasteiger partial charge on any atom is -0.494 e. The second-order valence-corrected chi connectivity index (χ2v) is 9.25. The molecule has 8 heteroatoms. The summed E-state index contributed by atoms with van der Waals surface area (Å²) in [6.07, 6.45) is 0.473. The van der Waals surface area contributed by atoms with Crippen molar-refractivity contribution < 1.29 is 5.11 Å². The van der Waals surface area contributed by atoms with Gasteiger partial charge in [0.1, 0.15) is 5.56 Å². The molecule has 3 aromatic rings. The summed E-state index contributed by atoms with van der Waals surface area (Å²) in [5.41, 5.74) is 0.224. The zero-order valence-corrected chi connectivity index (χ0v) is 17.3. The minimum atomic E-state index is -0.569. The fourth-order valence-electron chi connectivity index (χ4n) is 3.24. The van der Waals surface area contributed by atoms with Crippen molar-refractivity contribution in [2.24, 2.45) is 19.1 Å². The van der Waals surface area contributed by atoms with Crippen LogP contribution < -0.4 is 11.2 Å². The number of hydrogen-bond acceptors (Lipinski definition) is 6. The summed E-state index contributed by atoms with van der Waals surface area (Å²) in [6, 6.07) is 12.0. The average molecular weight is 414 g/mol. The Bertz CT molecular complexity index is 1220. The second-order valence-electron chi connectivity index (χ2n) is 6.69. The van der Waals surface area contributed by atoms with Gasteiger partial charge < -0.3 is 5.11 Å². The van der Waals surface area contributed by atoms with Crippen molar-refractivity contribution in [1.82, 2.24) is 9.13 Å². The van der Waals surface area contributed by atoms with Crippen LogP contribution in [0.3, 0.4) is 0 Å². The molecule has 0 saturated carbocycles. The lowest BCUT2D eigenvalue weighted by atomic mass is 10.1. The monoisotopic (exact) mass is 413 g/mol. The molecule has 28 heavy (non-hydrogen) atoms. The van der Waals surface area contributed by atoms with Crippen LogP contribution in [0.4, 0.5) is 5.69 Å². The zero-order valence-electron chi connectivity index (χ0n) is 15.7. The Morgan fingerprint density at radius 1 is 1.11 bits per heavy atom. The molecule has 2 aromatic heterocycles. The number of rotatable bonds is 2. The molecule has 1 N–H and O–H groups in total. The van der Waals surface area contributed by atoms with Gasteiger partial charge in [0.05, 0.1) is 11.4 Å². The highest BCUT2D eigenvalue weighted by atomic mass is 32.2. The normalized spacial score (nSPS) is 16.4. The standard InChI is InChI=1S/C20H19N3O3S2/c1-11-8-9-15(27-11)16-10-13(21-12-6-4-5-7-14(12)28-16)17-18(24)22(2)20(26)23(3)19(17)25/h4-9,16,24H,10H2,1-3H3/t16-/m1/s1. The highest BCUT2D eigenvalue weighted by Gasteiger charge is 2.28. The summed E-state index contributed by atoms with van der Waals surface area (Å²) in [5.74, 6) is -0.350. The van der Waals surface area contributed by atoms with Gasteiger partial charge in [-0.05, 0) is 31.2 Å². The molecule has 0 fully saturated rings. The number of aryl methyl sites for hydroxylation is 1. The van der Waals surface area contributed by atoms with Crippen LogP contribution in [0.1, 0.15) is 27.0 Å². The number of fused-ring (bicyclic) bond motifs is 1. The number of benzene rings is 1. The van der Waals surface area contributed by atoms with Crippen molar-refractivity contribution in [1.29, 1.82) is 0 Å². The van der Waals surface area contributed by atoms with Crippen LogP contribution in [0.5, 0.6) is 5.88 Å². The predicted octanol–water partition coefficient (Wildman–Crippen LogP) is 3.52. The predicted molar refractivity (Wildman–Crippen MR) is 113 cm³/mol. The fraction of sp³-hybridized carbons (Fsp3) is 0.250. The Morgan fingerprint density at radius 2 is 1.86 bits per heavy atom. The molecular formula is C20H19N3O3S2. The van der Waals surface area contributed by atoms with Crippen LogP contribution in [0, 0.1) is 6.92 Å². The molecule has 0 radical (unpaired) electrons. The third kappa shape index (κ3) is 3.12. The van der Waals surface area contributed by atoms with E-state index in [0.29, 0.717) is 12.1 Å². The summed E-state index contributed by atoms with van der Waals surface area (Å²) in [6.45, 7) is 2.06. The lowest BCUT2D eigenvalue weighted by Gasteiger charge is -2.15. The molecule has 0 bridgehead atoms. The first-order valence-electron chi connectivity index (χ1n) is 8.75. The van der Waals surface area contributed by atoms with Crippen molar-refractivity contribution in [3.8, 4) is 5.88 Å². The first kappa shape index (κ1) is 18.8. The van der Waals surface area contributed by atoms with E-state index in [1.54, 1.807) is 23.1 Å². The quantitative estimate of drug-likeness (QED) is 0.697. The van der Waals surface area contributed by atoms with Gasteiger partial charge in [-0.15, -0.1) is 23.1 Å². The summed E-state index contributed by atoms with van der Waals surface area (Å²) in [5, 5.41) is 10.7. The Hall–Kier alpha value is -2.58. The van der Waals surface area contributed by atoms with Gasteiger partial charge in [0.15, 0.2) is 0 Å². The number of aromatic hydroxyl groups is 1. The van der Waals surface area contributed by atoms with Gasteiger partial charge in [0, 0.05) is 40.4 Å². The molecule has 1 atom stereocenters. The lowest BCUT2D eigenvalue weighted by Crippen LogP contribution is -2.40. The van der Waals surface area contributed by atoms with E-state index in [1.165, 1.54) is 23.8 Å². The summed E-state index contributed by atoms with van der Waals surface area (Å²) in [4.78, 5) is 33.1. The molecule has 1 aromatic carbocycles. The third-order valence-electron chi connectivity index (χ3n) is 4.77. The first-order chi connectivity index (χ1) is 13.4. The summed E-state index contributed by atoms with van der Waals surface area (Å²) < 4.78 is 2.08. The molecule has 1 aliphatic rings. The first-order valence-corrected chi connectivity index (χ1v) is 10.5. The van der Waals surface area contributed by atoms with Crippen LogP contribution in [-0.4, -0.2) is 20.0 Å². The van der Waals surface area contributed by atoms with Gasteiger partial charge in [0.2, 0.25) is 5.88 Å². The van der Waals surface area contributed by atoms with E-state index in [1.807, 2.05) is 24.3 Å². The topological polar surface area (TPSA) is 76.6 Å². The maximum Gasteiger partial charge on any atom is 0.333 e. The molecule has 0 unspecified atom stereocenters. The molecule has 0 spiro atoms. The maximum atomic E-state index is 12.8. The van der Waals surface area contributed by atoms with E-state index in [0.717, 1.165) is 19.7 Å². The highest BCUT2D eigenvalue weighted by molar-refractivity contribution is 7.99. The number of nitrogens with zero attached hydrogens (tertiary/aromatic N) is 3. The van der Waals surface area contributed by atoms with Gasteiger partial charge in [-0.3, -0.25) is 18.9 Å². The average Bonchev–Trinajstić information content (AvgIpc) is 3.02. The largest absolute Gasteiger partial charge is 0.494 e. The second kappa shape index (κ2) is 7.10. The van der Waals surface area contributed by atoms with Crippen LogP contribution in [0.15, 0.2) is 55.9 Å². The van der Waals surface area contributed by atoms with Gasteiger partial charge in [-0.1, -0.05) is 12.1 Å². The lowest BCUT2D eigenvalue weighted by molar-refractivity contribution is 0.410. The van der Waals surface area contributed by atoms with Gasteiger partial charge in [-0.25, -0.2) is 4.79 Å². The van der Waals surface area contributed by atoms with E-state index in [-0.39, 0.29) is 16.7 Å². The Balaban J connectivity index is 1.95. The molecule has 3 heterocycles. The van der Waals surface area contributed by atoms with Crippen molar-refractivity contribution in [2.75, 3.05) is 0 Å². The Labute approximate surface area is 169 Å². The smallest absolute Gasteiger partial charge is 0.333 e. The molecule has 4 rings (SSSR count).